The van der Waals surface area contributed by atoms with Gasteiger partial charge in [0.1, 0.15) is 18.1 Å². The number of benzene rings is 3. The average Bonchev–Trinajstić information content (AvgIpc) is 3.39. The number of carbonyl (C=O) groups excluding carboxylic acids is 4. The molecule has 4 aliphatic rings. The molecule has 6 atom stereocenters. The van der Waals surface area contributed by atoms with Gasteiger partial charge in [-0.05, 0) is 77.2 Å². The van der Waals surface area contributed by atoms with Crippen LogP contribution in [0.15, 0.2) is 84.4 Å². The lowest BCUT2D eigenvalue weighted by Gasteiger charge is -2.50. The Kier molecular flexibility index (Phi) is 8.01. The molecule has 3 aromatic carbocycles. The minimum Gasteiger partial charge on any atom is -0.508 e. The normalized spacial score (nSPS) is 30.2. The van der Waals surface area contributed by atoms with E-state index in [2.05, 4.69) is 38.5 Å². The second-order valence-corrected chi connectivity index (χ2v) is 15.0. The highest BCUT2D eigenvalue weighted by molar-refractivity contribution is 14.1. The largest absolute Gasteiger partial charge is 0.508 e. The highest BCUT2D eigenvalue weighted by Crippen LogP contribution is 2.66. The smallest absolute Gasteiger partial charge is 0.254 e. The maximum Gasteiger partial charge on any atom is 0.254 e. The van der Waals surface area contributed by atoms with Gasteiger partial charge in [-0.3, -0.25) is 29.0 Å². The molecule has 236 valence electrons. The molecule has 2 aliphatic heterocycles. The maximum absolute atomic E-state index is 14.1. The van der Waals surface area contributed by atoms with Gasteiger partial charge in [-0.25, -0.2) is 0 Å². The van der Waals surface area contributed by atoms with Crippen LogP contribution in [0.3, 0.4) is 0 Å². The predicted molar refractivity (Wildman–Crippen MR) is 184 cm³/mol. The number of rotatable bonds is 6. The molecule has 7 rings (SSSR count). The fourth-order valence-electron chi connectivity index (χ4n) is 7.54. The number of phenolic OH excluding ortho intramolecular Hbond substituents is 1. The lowest BCUT2D eigenvalue weighted by molar-refractivity contribution is -0.138. The maximum atomic E-state index is 14.1. The van der Waals surface area contributed by atoms with Gasteiger partial charge < -0.3 is 9.84 Å². The van der Waals surface area contributed by atoms with Gasteiger partial charge in [0.2, 0.25) is 11.8 Å². The SMILES string of the molecule is O=C1C2CC=C3C(CC4(Cl)C(=O)N(CBr)C(=O)C4(Cl)C3c3ccc(OCc4ccccc4)cc3O)C2C(=O)N1c1ccc(I)cc1. The summed E-state index contributed by atoms with van der Waals surface area (Å²) in [6.45, 7) is 0.268. The van der Waals surface area contributed by atoms with Gasteiger partial charge in [-0.2, -0.15) is 0 Å². The van der Waals surface area contributed by atoms with Gasteiger partial charge in [-0.15, -0.1) is 23.2 Å². The van der Waals surface area contributed by atoms with E-state index in [1.165, 1.54) is 11.0 Å². The molecule has 2 heterocycles. The molecule has 6 unspecified atom stereocenters. The number of allylic oxidation sites excluding steroid dienone is 2. The highest BCUT2D eigenvalue weighted by Gasteiger charge is 2.76. The van der Waals surface area contributed by atoms with E-state index in [-0.39, 0.29) is 42.1 Å². The van der Waals surface area contributed by atoms with E-state index in [1.54, 1.807) is 24.3 Å². The summed E-state index contributed by atoms with van der Waals surface area (Å²) in [5.74, 6) is -5.20. The molecule has 0 radical (unpaired) electrons. The molecule has 0 bridgehead atoms. The Labute approximate surface area is 296 Å². The third-order valence-corrected chi connectivity index (χ3v) is 12.3. The van der Waals surface area contributed by atoms with Crippen molar-refractivity contribution in [1.82, 2.24) is 4.90 Å². The Hall–Kier alpha value is -2.93. The van der Waals surface area contributed by atoms with E-state index in [9.17, 15) is 24.3 Å². The number of imide groups is 2. The van der Waals surface area contributed by atoms with Crippen LogP contribution in [0.25, 0.3) is 0 Å². The van der Waals surface area contributed by atoms with Crippen molar-refractivity contribution in [3.8, 4) is 11.5 Å². The molecule has 0 spiro atoms. The van der Waals surface area contributed by atoms with Crippen molar-refractivity contribution in [1.29, 1.82) is 0 Å². The Morgan fingerprint density at radius 3 is 2.33 bits per heavy atom. The van der Waals surface area contributed by atoms with Crippen LogP contribution >= 0.6 is 61.7 Å². The van der Waals surface area contributed by atoms with Gasteiger partial charge >= 0.3 is 0 Å². The lowest BCUT2D eigenvalue weighted by atomic mass is 9.56. The van der Waals surface area contributed by atoms with E-state index in [0.29, 0.717) is 17.0 Å². The number of halogens is 4. The zero-order valence-electron chi connectivity index (χ0n) is 24.0. The Balaban J connectivity index is 1.31. The molecule has 3 aromatic rings. The summed E-state index contributed by atoms with van der Waals surface area (Å²) in [6, 6.07) is 21.4. The van der Waals surface area contributed by atoms with Crippen LogP contribution in [-0.2, 0) is 25.8 Å². The lowest BCUT2D eigenvalue weighted by Crippen LogP contribution is -2.60. The Morgan fingerprint density at radius 1 is 0.935 bits per heavy atom. The van der Waals surface area contributed by atoms with E-state index < -0.39 is 51.1 Å². The summed E-state index contributed by atoms with van der Waals surface area (Å²) in [5.41, 5.74) is 2.14. The number of carbonyl (C=O) groups is 4. The molecule has 0 aromatic heterocycles. The zero-order chi connectivity index (χ0) is 32.5. The highest BCUT2D eigenvalue weighted by atomic mass is 127. The molecule has 12 heteroatoms. The van der Waals surface area contributed by atoms with Crippen molar-refractivity contribution >= 4 is 91.0 Å². The van der Waals surface area contributed by atoms with Gasteiger partial charge in [0.15, 0.2) is 9.75 Å². The number of hydrogen-bond acceptors (Lipinski definition) is 6. The minimum atomic E-state index is -2.01. The molecule has 1 N–H and O–H groups in total. The second kappa shape index (κ2) is 11.6. The van der Waals surface area contributed by atoms with Crippen LogP contribution in [0.2, 0.25) is 0 Å². The standard InChI is InChI=1S/C34H26BrCl2IN2O6/c35-17-39-31(44)33(36)15-25-22(12-13-24-27(25)30(43)40(29(24)42)20-8-6-19(38)7-9-20)28(34(33,37)32(39)45)23-11-10-21(14-26(23)41)46-16-18-4-2-1-3-5-18/h1-12,14,24-25,27-28,41H,13,15-17H2. The number of ether oxygens (including phenoxy) is 1. The summed E-state index contributed by atoms with van der Waals surface area (Å²) in [6.07, 6.45) is 1.94. The van der Waals surface area contributed by atoms with Crippen molar-refractivity contribution in [2.45, 2.75) is 35.1 Å². The van der Waals surface area contributed by atoms with Crippen molar-refractivity contribution in [3.63, 3.8) is 0 Å². The fourth-order valence-corrected chi connectivity index (χ4v) is 9.32. The molecule has 2 aliphatic carbocycles. The van der Waals surface area contributed by atoms with Crippen molar-refractivity contribution in [2.24, 2.45) is 17.8 Å². The van der Waals surface area contributed by atoms with Crippen molar-refractivity contribution in [3.05, 3.63) is 99.1 Å². The first-order valence-electron chi connectivity index (χ1n) is 14.6. The number of amides is 4. The van der Waals surface area contributed by atoms with Gasteiger partial charge in [0.05, 0.1) is 23.0 Å². The average molecular weight is 836 g/mol. The van der Waals surface area contributed by atoms with Crippen LogP contribution in [0, 0.1) is 21.3 Å². The topological polar surface area (TPSA) is 104 Å². The number of phenols is 1. The van der Waals surface area contributed by atoms with Crippen LogP contribution in [-0.4, -0.2) is 48.8 Å². The summed E-state index contributed by atoms with van der Waals surface area (Å²) in [7, 11) is 0. The number of hydrogen-bond donors (Lipinski definition) is 1. The number of nitrogens with zero attached hydrogens (tertiary/aromatic N) is 2. The van der Waals surface area contributed by atoms with Crippen LogP contribution in [0.1, 0.15) is 29.9 Å². The molecule has 3 fully saturated rings. The Bertz CT molecular complexity index is 1820. The number of fused-ring (bicyclic) bond motifs is 4. The summed E-state index contributed by atoms with van der Waals surface area (Å²) in [4.78, 5) is 54.0. The van der Waals surface area contributed by atoms with E-state index in [0.717, 1.165) is 14.0 Å². The Morgan fingerprint density at radius 2 is 1.65 bits per heavy atom. The third-order valence-electron chi connectivity index (χ3n) is 9.66. The molecular formula is C34H26BrCl2IN2O6. The summed E-state index contributed by atoms with van der Waals surface area (Å²) in [5, 5.41) is 11.5. The first kappa shape index (κ1) is 31.7. The fraction of sp³-hybridized carbons (Fsp3) is 0.294. The second-order valence-electron chi connectivity index (χ2n) is 12.0. The van der Waals surface area contributed by atoms with E-state index >= 15 is 0 Å². The number of alkyl halides is 3. The molecule has 46 heavy (non-hydrogen) atoms. The van der Waals surface area contributed by atoms with Crippen LogP contribution < -0.4 is 9.64 Å². The molecular weight excluding hydrogens is 810 g/mol. The van der Waals surface area contributed by atoms with E-state index in [1.807, 2.05) is 48.5 Å². The summed E-state index contributed by atoms with van der Waals surface area (Å²) >= 11 is 20.0. The molecule has 8 nitrogen and oxygen atoms in total. The summed E-state index contributed by atoms with van der Waals surface area (Å²) < 4.78 is 6.87. The van der Waals surface area contributed by atoms with Gasteiger partial charge in [0, 0.05) is 21.1 Å². The van der Waals surface area contributed by atoms with E-state index in [4.69, 9.17) is 27.9 Å². The van der Waals surface area contributed by atoms with Crippen LogP contribution in [0.4, 0.5) is 5.69 Å². The first-order valence-corrected chi connectivity index (χ1v) is 17.6. The van der Waals surface area contributed by atoms with Gasteiger partial charge in [-0.1, -0.05) is 64.0 Å². The van der Waals surface area contributed by atoms with Crippen molar-refractivity contribution < 1.29 is 29.0 Å². The van der Waals surface area contributed by atoms with Crippen molar-refractivity contribution in [2.75, 3.05) is 10.4 Å². The minimum absolute atomic E-state index is 0.131. The number of anilines is 1. The molecule has 4 amide bonds. The first-order chi connectivity index (χ1) is 22.0. The van der Waals surface area contributed by atoms with Gasteiger partial charge in [0.25, 0.3) is 11.8 Å². The molecule has 2 saturated heterocycles. The number of aromatic hydroxyl groups is 1. The quantitative estimate of drug-likeness (QED) is 0.100. The zero-order valence-corrected chi connectivity index (χ0v) is 29.3. The number of likely N-dealkylation sites (tertiary alicyclic amines) is 1. The van der Waals surface area contributed by atoms with Crippen LogP contribution in [0.5, 0.6) is 11.5 Å². The third kappa shape index (κ3) is 4.57. The predicted octanol–water partition coefficient (Wildman–Crippen LogP) is 6.49. The monoisotopic (exact) mass is 834 g/mol. The molecule has 1 saturated carbocycles.